The summed E-state index contributed by atoms with van der Waals surface area (Å²) < 4.78 is 13.0. The number of halogens is 1. The van der Waals surface area contributed by atoms with Crippen molar-refractivity contribution in [3.63, 3.8) is 0 Å². The van der Waals surface area contributed by atoms with Crippen LogP contribution in [0.25, 0.3) is 0 Å². The third kappa shape index (κ3) is 4.80. The molecule has 2 aromatic heterocycles. The van der Waals surface area contributed by atoms with E-state index in [0.717, 1.165) is 18.9 Å². The fraction of sp³-hybridized carbons (Fsp3) is 0.238. The minimum atomic E-state index is -0.400. The number of hydrogen-bond donors (Lipinski definition) is 1. The number of piperazine rings is 1. The van der Waals surface area contributed by atoms with Crippen molar-refractivity contribution >= 4 is 34.1 Å². The quantitative estimate of drug-likeness (QED) is 0.680. The molecule has 0 radical (unpaired) electrons. The Kier molecular flexibility index (Phi) is 5.99. The highest BCUT2D eigenvalue weighted by atomic mass is 32.1. The van der Waals surface area contributed by atoms with Crippen molar-refractivity contribution < 1.29 is 14.0 Å². The Bertz CT molecular complexity index is 1020. The number of anilines is 2. The van der Waals surface area contributed by atoms with Gasteiger partial charge in [-0.25, -0.2) is 14.4 Å². The van der Waals surface area contributed by atoms with Crippen molar-refractivity contribution in [2.45, 2.75) is 6.42 Å². The maximum Gasteiger partial charge on any atom is 0.257 e. The van der Waals surface area contributed by atoms with Crippen molar-refractivity contribution in [1.29, 1.82) is 0 Å². The molecule has 154 valence electrons. The van der Waals surface area contributed by atoms with E-state index < -0.39 is 5.82 Å². The number of benzene rings is 1. The Labute approximate surface area is 177 Å². The standard InChI is InChI=1S/C21H20FN5O2S/c22-16-6-4-15(5-7-16)20(29)25-21-24-17(14-30-21)13-19(28)27-11-9-26(10-12-27)18-3-1-2-8-23-18/h1-8,14H,9-13H2,(H,24,25,29). The Morgan fingerprint density at radius 1 is 1.07 bits per heavy atom. The van der Waals surface area contributed by atoms with Gasteiger partial charge < -0.3 is 9.80 Å². The Morgan fingerprint density at radius 3 is 2.53 bits per heavy atom. The minimum Gasteiger partial charge on any atom is -0.353 e. The van der Waals surface area contributed by atoms with Gasteiger partial charge in [0, 0.05) is 43.3 Å². The second-order valence-corrected chi connectivity index (χ2v) is 7.70. The average molecular weight is 425 g/mol. The molecule has 0 unspecified atom stereocenters. The highest BCUT2D eigenvalue weighted by Crippen LogP contribution is 2.18. The first kappa shape index (κ1) is 20.0. The van der Waals surface area contributed by atoms with Gasteiger partial charge in [-0.2, -0.15) is 0 Å². The summed E-state index contributed by atoms with van der Waals surface area (Å²) in [4.78, 5) is 37.5. The third-order valence-electron chi connectivity index (χ3n) is 4.82. The zero-order valence-electron chi connectivity index (χ0n) is 16.1. The van der Waals surface area contributed by atoms with Gasteiger partial charge in [0.05, 0.1) is 12.1 Å². The molecule has 2 amide bonds. The first-order valence-electron chi connectivity index (χ1n) is 9.53. The van der Waals surface area contributed by atoms with Crippen LogP contribution in [0.3, 0.4) is 0 Å². The van der Waals surface area contributed by atoms with Crippen molar-refractivity contribution in [3.8, 4) is 0 Å². The molecule has 3 aromatic rings. The monoisotopic (exact) mass is 425 g/mol. The van der Waals surface area contributed by atoms with E-state index in [0.29, 0.717) is 29.5 Å². The van der Waals surface area contributed by atoms with Gasteiger partial charge in [-0.05, 0) is 36.4 Å². The van der Waals surface area contributed by atoms with E-state index in [4.69, 9.17) is 0 Å². The van der Waals surface area contributed by atoms with Crippen LogP contribution < -0.4 is 10.2 Å². The Balaban J connectivity index is 1.29. The lowest BCUT2D eigenvalue weighted by Crippen LogP contribution is -2.49. The summed E-state index contributed by atoms with van der Waals surface area (Å²) in [7, 11) is 0. The predicted octanol–water partition coefficient (Wildman–Crippen LogP) is 2.82. The highest BCUT2D eigenvalue weighted by Gasteiger charge is 2.22. The highest BCUT2D eigenvalue weighted by molar-refractivity contribution is 7.14. The summed E-state index contributed by atoms with van der Waals surface area (Å²) in [6.45, 7) is 2.74. The van der Waals surface area contributed by atoms with E-state index in [2.05, 4.69) is 20.2 Å². The molecule has 0 spiro atoms. The number of aromatic nitrogens is 2. The fourth-order valence-electron chi connectivity index (χ4n) is 3.21. The molecule has 9 heteroatoms. The van der Waals surface area contributed by atoms with Crippen LogP contribution in [0.1, 0.15) is 16.1 Å². The van der Waals surface area contributed by atoms with Crippen molar-refractivity contribution in [1.82, 2.24) is 14.9 Å². The van der Waals surface area contributed by atoms with Crippen LogP contribution in [0.15, 0.2) is 54.0 Å². The first-order valence-corrected chi connectivity index (χ1v) is 10.4. The predicted molar refractivity (Wildman–Crippen MR) is 113 cm³/mol. The second kappa shape index (κ2) is 9.00. The summed E-state index contributed by atoms with van der Waals surface area (Å²) in [6.07, 6.45) is 1.95. The molecule has 0 saturated carbocycles. The molecular weight excluding hydrogens is 405 g/mol. The zero-order chi connectivity index (χ0) is 20.9. The van der Waals surface area contributed by atoms with Gasteiger partial charge in [0.25, 0.3) is 5.91 Å². The molecule has 1 aliphatic rings. The maximum absolute atomic E-state index is 13.0. The lowest BCUT2D eigenvalue weighted by atomic mass is 10.2. The van der Waals surface area contributed by atoms with E-state index in [1.807, 2.05) is 23.1 Å². The van der Waals surface area contributed by atoms with Gasteiger partial charge >= 0.3 is 0 Å². The summed E-state index contributed by atoms with van der Waals surface area (Å²) in [5.41, 5.74) is 0.960. The van der Waals surface area contributed by atoms with Gasteiger partial charge in [-0.15, -0.1) is 11.3 Å². The van der Waals surface area contributed by atoms with Crippen LogP contribution in [0.4, 0.5) is 15.3 Å². The van der Waals surface area contributed by atoms with Gasteiger partial charge in [0.15, 0.2) is 5.13 Å². The number of thiazole rings is 1. The van der Waals surface area contributed by atoms with Crippen molar-refractivity contribution in [3.05, 3.63) is 71.1 Å². The number of hydrogen-bond acceptors (Lipinski definition) is 6. The molecule has 4 rings (SSSR count). The molecule has 3 heterocycles. The SMILES string of the molecule is O=C(Nc1nc(CC(=O)N2CCN(c3ccccn3)CC2)cs1)c1ccc(F)cc1. The van der Waals surface area contributed by atoms with Crippen LogP contribution in [-0.2, 0) is 11.2 Å². The number of amides is 2. The second-order valence-electron chi connectivity index (χ2n) is 6.84. The number of nitrogens with one attached hydrogen (secondary N) is 1. The zero-order valence-corrected chi connectivity index (χ0v) is 16.9. The molecular formula is C21H20FN5O2S. The van der Waals surface area contributed by atoms with E-state index in [1.165, 1.54) is 35.6 Å². The molecule has 0 bridgehead atoms. The molecule has 1 saturated heterocycles. The lowest BCUT2D eigenvalue weighted by molar-refractivity contribution is -0.130. The van der Waals surface area contributed by atoms with Crippen LogP contribution in [0.5, 0.6) is 0 Å². The normalized spacial score (nSPS) is 13.9. The van der Waals surface area contributed by atoms with E-state index in [9.17, 15) is 14.0 Å². The Hall–Kier alpha value is -3.33. The molecule has 0 aliphatic carbocycles. The third-order valence-corrected chi connectivity index (χ3v) is 5.62. The number of rotatable bonds is 5. The van der Waals surface area contributed by atoms with Crippen LogP contribution in [0.2, 0.25) is 0 Å². The molecule has 7 nitrogen and oxygen atoms in total. The van der Waals surface area contributed by atoms with E-state index in [1.54, 1.807) is 11.6 Å². The molecule has 0 atom stereocenters. The summed E-state index contributed by atoms with van der Waals surface area (Å²) in [5.74, 6) is 0.165. The minimum absolute atomic E-state index is 0.0115. The van der Waals surface area contributed by atoms with Crippen LogP contribution in [-0.4, -0.2) is 52.9 Å². The average Bonchev–Trinajstić information content (AvgIpc) is 3.21. The fourth-order valence-corrected chi connectivity index (χ4v) is 3.91. The van der Waals surface area contributed by atoms with Crippen molar-refractivity contribution in [2.75, 3.05) is 36.4 Å². The van der Waals surface area contributed by atoms with E-state index >= 15 is 0 Å². The maximum atomic E-state index is 13.0. The molecule has 1 aromatic carbocycles. The molecule has 1 fully saturated rings. The largest absolute Gasteiger partial charge is 0.353 e. The molecule has 1 aliphatic heterocycles. The summed E-state index contributed by atoms with van der Waals surface area (Å²) >= 11 is 1.26. The van der Waals surface area contributed by atoms with Gasteiger partial charge in [0.1, 0.15) is 11.6 Å². The Morgan fingerprint density at radius 2 is 1.83 bits per heavy atom. The first-order chi connectivity index (χ1) is 14.6. The lowest BCUT2D eigenvalue weighted by Gasteiger charge is -2.35. The van der Waals surface area contributed by atoms with Crippen LogP contribution in [0, 0.1) is 5.82 Å². The number of carbonyl (C=O) groups is 2. The van der Waals surface area contributed by atoms with Crippen LogP contribution >= 0.6 is 11.3 Å². The molecule has 30 heavy (non-hydrogen) atoms. The molecule has 1 N–H and O–H groups in total. The summed E-state index contributed by atoms with van der Waals surface area (Å²) in [6, 6.07) is 11.1. The number of pyridine rings is 1. The van der Waals surface area contributed by atoms with Gasteiger partial charge in [-0.1, -0.05) is 6.07 Å². The number of nitrogens with zero attached hydrogens (tertiary/aromatic N) is 4. The van der Waals surface area contributed by atoms with Gasteiger partial charge in [-0.3, -0.25) is 14.9 Å². The smallest absolute Gasteiger partial charge is 0.257 e. The van der Waals surface area contributed by atoms with Crippen molar-refractivity contribution in [2.24, 2.45) is 0 Å². The van der Waals surface area contributed by atoms with E-state index in [-0.39, 0.29) is 18.2 Å². The van der Waals surface area contributed by atoms with Gasteiger partial charge in [0.2, 0.25) is 5.91 Å². The topological polar surface area (TPSA) is 78.4 Å². The number of carbonyl (C=O) groups excluding carboxylic acids is 2. The summed E-state index contributed by atoms with van der Waals surface area (Å²) in [5, 5.41) is 4.86.